The number of amides is 2. The monoisotopic (exact) mass is 396 g/mol. The lowest BCUT2D eigenvalue weighted by Crippen LogP contribution is -2.46. The molecule has 28 heavy (non-hydrogen) atoms. The largest absolute Gasteiger partial charge is 0.494 e. The van der Waals surface area contributed by atoms with Crippen LogP contribution in [0.2, 0.25) is 0 Å². The molecule has 1 fully saturated rings. The topological polar surface area (TPSA) is 105 Å². The van der Waals surface area contributed by atoms with Crippen LogP contribution in [0.1, 0.15) is 19.3 Å². The van der Waals surface area contributed by atoms with Crippen molar-refractivity contribution in [3.8, 4) is 5.75 Å². The molecule has 2 amide bonds. The molecule has 0 radical (unpaired) electrons. The molecule has 2 N–H and O–H groups in total. The minimum Gasteiger partial charge on any atom is -0.494 e. The lowest BCUT2D eigenvalue weighted by Gasteiger charge is -2.22. The second-order valence-electron chi connectivity index (χ2n) is 6.71. The Morgan fingerprint density at radius 1 is 1.32 bits per heavy atom. The maximum atomic E-state index is 14.6. The van der Waals surface area contributed by atoms with Crippen LogP contribution in [0, 0.1) is 0 Å². The Hall–Kier alpha value is -2.68. The van der Waals surface area contributed by atoms with Gasteiger partial charge in [-0.15, -0.1) is 0 Å². The lowest BCUT2D eigenvalue weighted by molar-refractivity contribution is -0.148. The van der Waals surface area contributed by atoms with Crippen molar-refractivity contribution in [3.63, 3.8) is 0 Å². The van der Waals surface area contributed by atoms with E-state index in [0.29, 0.717) is 18.8 Å². The number of carboxylic acids is 1. The highest BCUT2D eigenvalue weighted by Crippen LogP contribution is 2.31. The number of likely N-dealkylation sites (tertiary alicyclic amines) is 1. The van der Waals surface area contributed by atoms with E-state index in [1.165, 1.54) is 7.11 Å². The molecule has 0 aliphatic carbocycles. The highest BCUT2D eigenvalue weighted by molar-refractivity contribution is 5.88. The number of carbonyl (C=O) groups is 3. The molecule has 0 aromatic heterocycles. The number of carboxylic acid groups (broad SMARTS) is 1. The van der Waals surface area contributed by atoms with Crippen molar-refractivity contribution in [2.24, 2.45) is 0 Å². The number of carbonyl (C=O) groups excluding carboxylic acids is 2. The summed E-state index contributed by atoms with van der Waals surface area (Å²) in [6.07, 6.45) is 0.268. The van der Waals surface area contributed by atoms with Gasteiger partial charge in [0.25, 0.3) is 0 Å². The van der Waals surface area contributed by atoms with Gasteiger partial charge in [-0.1, -0.05) is 18.2 Å². The van der Waals surface area contributed by atoms with Crippen molar-refractivity contribution >= 4 is 17.8 Å². The number of para-hydroxylation sites is 1. The first-order valence-electron chi connectivity index (χ1n) is 8.99. The second kappa shape index (κ2) is 10.0. The van der Waals surface area contributed by atoms with Gasteiger partial charge in [-0.2, -0.15) is 0 Å². The molecule has 2 rings (SSSR count). The number of nitrogens with zero attached hydrogens (tertiary/aromatic N) is 1. The Balaban J connectivity index is 1.74. The first-order valence-corrected chi connectivity index (χ1v) is 8.99. The highest BCUT2D eigenvalue weighted by atomic mass is 19.1. The van der Waals surface area contributed by atoms with Gasteiger partial charge in [0.2, 0.25) is 11.8 Å². The summed E-state index contributed by atoms with van der Waals surface area (Å²) in [6, 6.07) is 7.90. The number of hydrogen-bond acceptors (Lipinski definition) is 5. The van der Waals surface area contributed by atoms with Gasteiger partial charge in [0.15, 0.2) is 5.67 Å². The minimum atomic E-state index is -1.91. The molecule has 2 atom stereocenters. The Morgan fingerprint density at radius 3 is 2.68 bits per heavy atom. The minimum absolute atomic E-state index is 0.152. The molecule has 1 saturated heterocycles. The third kappa shape index (κ3) is 6.19. The first-order chi connectivity index (χ1) is 13.3. The van der Waals surface area contributed by atoms with Crippen molar-refractivity contribution in [2.75, 3.05) is 33.4 Å². The second-order valence-corrected chi connectivity index (χ2v) is 6.71. The molecule has 0 spiro atoms. The van der Waals surface area contributed by atoms with Crippen LogP contribution in [0.25, 0.3) is 0 Å². The van der Waals surface area contributed by atoms with Gasteiger partial charge in [-0.05, 0) is 18.6 Å². The summed E-state index contributed by atoms with van der Waals surface area (Å²) in [7, 11) is 1.31. The molecule has 0 unspecified atom stereocenters. The van der Waals surface area contributed by atoms with Crippen molar-refractivity contribution < 1.29 is 33.4 Å². The number of aliphatic carboxylic acids is 1. The van der Waals surface area contributed by atoms with E-state index in [1.807, 2.05) is 30.3 Å². The number of halogens is 1. The standard InChI is InChI=1S/C19H25FN2O6/c1-27-13-19(20)10-15(18(25)26)22(12-19)17(24)11-21-16(23)8-5-9-28-14-6-3-2-4-7-14/h2-4,6-7,15H,5,8-13H2,1H3,(H,21,23)(H,25,26)/t15-,19+/m0/s1. The molecule has 0 saturated carbocycles. The molecule has 1 aromatic rings. The number of nitrogens with one attached hydrogen (secondary N) is 1. The van der Waals surface area contributed by atoms with E-state index in [4.69, 9.17) is 9.47 Å². The van der Waals surface area contributed by atoms with E-state index < -0.39 is 23.6 Å². The SMILES string of the molecule is COC[C@@]1(F)C[C@@H](C(=O)O)N(C(=O)CNC(=O)CCCOc2ccccc2)C1. The highest BCUT2D eigenvalue weighted by Gasteiger charge is 2.49. The summed E-state index contributed by atoms with van der Waals surface area (Å²) in [5.41, 5.74) is -1.91. The van der Waals surface area contributed by atoms with Gasteiger partial charge >= 0.3 is 5.97 Å². The van der Waals surface area contributed by atoms with E-state index in [2.05, 4.69) is 5.32 Å². The summed E-state index contributed by atoms with van der Waals surface area (Å²) in [6.45, 7) is -0.711. The maximum absolute atomic E-state index is 14.6. The van der Waals surface area contributed by atoms with Crippen LogP contribution in [-0.2, 0) is 19.1 Å². The molecule has 1 aliphatic rings. The number of hydrogen-bond donors (Lipinski definition) is 2. The fraction of sp³-hybridized carbons (Fsp3) is 0.526. The maximum Gasteiger partial charge on any atom is 0.326 e. The molecular formula is C19H25FN2O6. The molecule has 9 heteroatoms. The smallest absolute Gasteiger partial charge is 0.326 e. The van der Waals surface area contributed by atoms with Crippen LogP contribution in [0.15, 0.2) is 30.3 Å². The number of methoxy groups -OCH3 is 1. The van der Waals surface area contributed by atoms with Crippen LogP contribution in [0.4, 0.5) is 4.39 Å². The van der Waals surface area contributed by atoms with Crippen LogP contribution in [-0.4, -0.2) is 72.9 Å². The van der Waals surface area contributed by atoms with Gasteiger partial charge in [0.1, 0.15) is 11.8 Å². The van der Waals surface area contributed by atoms with E-state index in [1.54, 1.807) is 0 Å². The third-order valence-corrected chi connectivity index (χ3v) is 4.39. The van der Waals surface area contributed by atoms with E-state index in [0.717, 1.165) is 4.90 Å². The summed E-state index contributed by atoms with van der Waals surface area (Å²) in [4.78, 5) is 36.4. The number of ether oxygens (including phenoxy) is 2. The van der Waals surface area contributed by atoms with E-state index in [9.17, 15) is 23.9 Å². The normalized spacial score (nSPS) is 21.4. The summed E-state index contributed by atoms with van der Waals surface area (Å²) >= 11 is 0. The Kier molecular flexibility index (Phi) is 7.74. The van der Waals surface area contributed by atoms with Gasteiger partial charge in [0.05, 0.1) is 26.3 Å². The fourth-order valence-corrected chi connectivity index (χ4v) is 3.09. The zero-order valence-corrected chi connectivity index (χ0v) is 15.7. The molecule has 1 heterocycles. The van der Waals surface area contributed by atoms with Crippen molar-refractivity contribution in [1.29, 1.82) is 0 Å². The van der Waals surface area contributed by atoms with E-state index >= 15 is 0 Å². The average Bonchev–Trinajstić information content (AvgIpc) is 3.02. The molecule has 1 aromatic carbocycles. The van der Waals surface area contributed by atoms with Gasteiger partial charge in [-0.3, -0.25) is 9.59 Å². The molecule has 1 aliphatic heterocycles. The average molecular weight is 396 g/mol. The summed E-state index contributed by atoms with van der Waals surface area (Å²) in [5, 5.41) is 11.7. The van der Waals surface area contributed by atoms with Crippen LogP contribution in [0.3, 0.4) is 0 Å². The zero-order valence-electron chi connectivity index (χ0n) is 15.7. The van der Waals surface area contributed by atoms with Crippen LogP contribution < -0.4 is 10.1 Å². The third-order valence-electron chi connectivity index (χ3n) is 4.39. The van der Waals surface area contributed by atoms with Gasteiger partial charge in [0, 0.05) is 20.0 Å². The number of alkyl halides is 1. The Morgan fingerprint density at radius 2 is 2.04 bits per heavy atom. The Bertz CT molecular complexity index is 686. The van der Waals surface area contributed by atoms with Crippen LogP contribution >= 0.6 is 0 Å². The molecular weight excluding hydrogens is 371 g/mol. The number of rotatable bonds is 10. The fourth-order valence-electron chi connectivity index (χ4n) is 3.09. The van der Waals surface area contributed by atoms with Crippen molar-refractivity contribution in [1.82, 2.24) is 10.2 Å². The van der Waals surface area contributed by atoms with Gasteiger partial charge < -0.3 is 24.8 Å². The molecule has 8 nitrogen and oxygen atoms in total. The lowest BCUT2D eigenvalue weighted by atomic mass is 10.0. The summed E-state index contributed by atoms with van der Waals surface area (Å²) in [5.74, 6) is -1.58. The predicted molar refractivity (Wildman–Crippen MR) is 97.6 cm³/mol. The van der Waals surface area contributed by atoms with E-state index in [-0.39, 0.29) is 38.4 Å². The van der Waals surface area contributed by atoms with Crippen molar-refractivity contribution in [3.05, 3.63) is 30.3 Å². The molecule has 154 valence electrons. The summed E-state index contributed by atoms with van der Waals surface area (Å²) < 4.78 is 24.9. The van der Waals surface area contributed by atoms with Crippen LogP contribution in [0.5, 0.6) is 5.75 Å². The zero-order chi connectivity index (χ0) is 20.6. The van der Waals surface area contributed by atoms with Crippen molar-refractivity contribution in [2.45, 2.75) is 31.0 Å². The number of benzene rings is 1. The predicted octanol–water partition coefficient (Wildman–Crippen LogP) is 1.00. The first kappa shape index (κ1) is 21.6. The molecule has 0 bridgehead atoms. The quantitative estimate of drug-likeness (QED) is 0.572. The Labute approximate surface area is 162 Å². The van der Waals surface area contributed by atoms with Gasteiger partial charge in [-0.25, -0.2) is 9.18 Å².